The van der Waals surface area contributed by atoms with Crippen LogP contribution >= 0.6 is 11.6 Å². The number of amides is 1. The van der Waals surface area contributed by atoms with Gasteiger partial charge in [-0.1, -0.05) is 48.0 Å². The fourth-order valence-corrected chi connectivity index (χ4v) is 2.91. The van der Waals surface area contributed by atoms with E-state index in [2.05, 4.69) is 5.10 Å². The number of rotatable bonds is 5. The van der Waals surface area contributed by atoms with Crippen molar-refractivity contribution in [3.63, 3.8) is 0 Å². The Morgan fingerprint density at radius 1 is 1.20 bits per heavy atom. The lowest BCUT2D eigenvalue weighted by Gasteiger charge is -2.25. The van der Waals surface area contributed by atoms with Gasteiger partial charge in [-0.25, -0.2) is 4.39 Å². The Morgan fingerprint density at radius 3 is 2.60 bits per heavy atom. The van der Waals surface area contributed by atoms with Crippen molar-refractivity contribution in [1.82, 2.24) is 14.7 Å². The van der Waals surface area contributed by atoms with Gasteiger partial charge in [-0.05, 0) is 23.8 Å². The molecule has 1 heterocycles. The number of carbonyl (C=O) groups is 1. The van der Waals surface area contributed by atoms with E-state index in [0.29, 0.717) is 10.6 Å². The molecule has 128 valence electrons. The third-order valence-corrected chi connectivity index (χ3v) is 4.33. The maximum Gasteiger partial charge on any atom is 0.252 e. The number of nitrogens with zero attached hydrogens (tertiary/aromatic N) is 3. The SMILES string of the molecule is CN(Cc1c(F)cccc1Cl)C(=O)C(c1ccccc1)n1cccn1. The van der Waals surface area contributed by atoms with E-state index < -0.39 is 11.9 Å². The zero-order chi connectivity index (χ0) is 17.8. The summed E-state index contributed by atoms with van der Waals surface area (Å²) in [7, 11) is 1.63. The van der Waals surface area contributed by atoms with Crippen molar-refractivity contribution in [2.75, 3.05) is 7.05 Å². The average molecular weight is 358 g/mol. The lowest BCUT2D eigenvalue weighted by atomic mass is 10.1. The van der Waals surface area contributed by atoms with Gasteiger partial charge < -0.3 is 4.90 Å². The Morgan fingerprint density at radius 2 is 1.96 bits per heavy atom. The molecule has 25 heavy (non-hydrogen) atoms. The lowest BCUT2D eigenvalue weighted by Crippen LogP contribution is -2.35. The van der Waals surface area contributed by atoms with Crippen molar-refractivity contribution in [3.05, 3.63) is 89.0 Å². The molecule has 0 radical (unpaired) electrons. The number of aromatic nitrogens is 2. The molecule has 0 saturated heterocycles. The summed E-state index contributed by atoms with van der Waals surface area (Å²) < 4.78 is 15.6. The standard InChI is InChI=1S/C19H17ClFN3O/c1-23(13-15-16(20)9-5-10-17(15)21)19(25)18(24-12-6-11-22-24)14-7-3-2-4-8-14/h2-12,18H,13H2,1H3. The maximum absolute atomic E-state index is 14.0. The van der Waals surface area contributed by atoms with Crippen LogP contribution in [0.5, 0.6) is 0 Å². The molecule has 0 N–H and O–H groups in total. The molecule has 2 aromatic carbocycles. The molecule has 1 atom stereocenters. The first kappa shape index (κ1) is 17.2. The van der Waals surface area contributed by atoms with E-state index in [9.17, 15) is 9.18 Å². The highest BCUT2D eigenvalue weighted by Crippen LogP contribution is 2.24. The minimum atomic E-state index is -0.619. The molecule has 3 rings (SSSR count). The van der Waals surface area contributed by atoms with Crippen molar-refractivity contribution in [3.8, 4) is 0 Å². The summed E-state index contributed by atoms with van der Waals surface area (Å²) in [5, 5.41) is 4.51. The second-order valence-electron chi connectivity index (χ2n) is 5.69. The van der Waals surface area contributed by atoms with E-state index in [1.807, 2.05) is 30.3 Å². The van der Waals surface area contributed by atoms with Crippen molar-refractivity contribution in [1.29, 1.82) is 0 Å². The van der Waals surface area contributed by atoms with Gasteiger partial charge >= 0.3 is 0 Å². The molecule has 0 saturated carbocycles. The van der Waals surface area contributed by atoms with Crippen LogP contribution in [0.25, 0.3) is 0 Å². The molecule has 0 aliphatic heterocycles. The summed E-state index contributed by atoms with van der Waals surface area (Å²) in [6, 6.07) is 15.0. The second kappa shape index (κ2) is 7.49. The van der Waals surface area contributed by atoms with Gasteiger partial charge in [0.15, 0.2) is 6.04 Å². The second-order valence-corrected chi connectivity index (χ2v) is 6.10. The van der Waals surface area contributed by atoms with Crippen LogP contribution in [0.3, 0.4) is 0 Å². The van der Waals surface area contributed by atoms with Gasteiger partial charge in [0.25, 0.3) is 5.91 Å². The van der Waals surface area contributed by atoms with Crippen LogP contribution in [0.4, 0.5) is 4.39 Å². The third kappa shape index (κ3) is 3.72. The molecule has 1 unspecified atom stereocenters. The topological polar surface area (TPSA) is 38.1 Å². The molecule has 0 fully saturated rings. The van der Waals surface area contributed by atoms with Gasteiger partial charge in [-0.15, -0.1) is 0 Å². The largest absolute Gasteiger partial charge is 0.339 e. The van der Waals surface area contributed by atoms with Crippen LogP contribution in [0, 0.1) is 5.82 Å². The highest BCUT2D eigenvalue weighted by atomic mass is 35.5. The fraction of sp³-hybridized carbons (Fsp3) is 0.158. The molecule has 1 amide bonds. The van der Waals surface area contributed by atoms with Gasteiger partial charge in [0.1, 0.15) is 5.82 Å². The third-order valence-electron chi connectivity index (χ3n) is 3.97. The van der Waals surface area contributed by atoms with Gasteiger partial charge in [-0.3, -0.25) is 9.48 Å². The number of benzene rings is 2. The van der Waals surface area contributed by atoms with E-state index >= 15 is 0 Å². The smallest absolute Gasteiger partial charge is 0.252 e. The molecule has 3 aromatic rings. The minimum absolute atomic E-state index is 0.0783. The van der Waals surface area contributed by atoms with Crippen LogP contribution in [0.2, 0.25) is 5.02 Å². The molecular formula is C19H17ClFN3O. The van der Waals surface area contributed by atoms with E-state index in [4.69, 9.17) is 11.6 Å². The number of carbonyl (C=O) groups excluding carboxylic acids is 1. The van der Waals surface area contributed by atoms with Crippen LogP contribution in [-0.4, -0.2) is 27.6 Å². The first-order valence-corrected chi connectivity index (χ1v) is 8.17. The molecule has 4 nitrogen and oxygen atoms in total. The van der Waals surface area contributed by atoms with Crippen LogP contribution in [0.1, 0.15) is 17.2 Å². The van der Waals surface area contributed by atoms with E-state index in [-0.39, 0.29) is 12.5 Å². The van der Waals surface area contributed by atoms with Gasteiger partial charge in [-0.2, -0.15) is 5.10 Å². The number of halogens is 2. The number of likely N-dealkylation sites (N-methyl/N-ethyl adjacent to an activating group) is 1. The summed E-state index contributed by atoms with van der Waals surface area (Å²) in [6.07, 6.45) is 3.36. The van der Waals surface area contributed by atoms with Crippen molar-refractivity contribution < 1.29 is 9.18 Å². The number of hydrogen-bond acceptors (Lipinski definition) is 2. The van der Waals surface area contributed by atoms with E-state index in [1.54, 1.807) is 42.3 Å². The van der Waals surface area contributed by atoms with Crippen LogP contribution in [0.15, 0.2) is 67.0 Å². The molecule has 0 aliphatic carbocycles. The summed E-state index contributed by atoms with van der Waals surface area (Å²) in [5.74, 6) is -0.628. The molecule has 6 heteroatoms. The van der Waals surface area contributed by atoms with Crippen molar-refractivity contribution >= 4 is 17.5 Å². The Balaban J connectivity index is 1.90. The fourth-order valence-electron chi connectivity index (χ4n) is 2.68. The van der Waals surface area contributed by atoms with E-state index in [1.165, 1.54) is 11.0 Å². The first-order chi connectivity index (χ1) is 12.1. The Labute approximate surface area is 150 Å². The predicted molar refractivity (Wildman–Crippen MR) is 94.7 cm³/mol. The highest BCUT2D eigenvalue weighted by molar-refractivity contribution is 6.31. The zero-order valence-electron chi connectivity index (χ0n) is 13.6. The Bertz CT molecular complexity index is 832. The Hall–Kier alpha value is -2.66. The summed E-state index contributed by atoms with van der Waals surface area (Å²) >= 11 is 6.08. The normalized spacial score (nSPS) is 12.0. The summed E-state index contributed by atoms with van der Waals surface area (Å²) in [5.41, 5.74) is 1.11. The Kier molecular flexibility index (Phi) is 5.14. The predicted octanol–water partition coefficient (Wildman–Crippen LogP) is 3.92. The molecule has 0 bridgehead atoms. The summed E-state index contributed by atoms with van der Waals surface area (Å²) in [4.78, 5) is 14.5. The van der Waals surface area contributed by atoms with Crippen molar-refractivity contribution in [2.24, 2.45) is 0 Å². The van der Waals surface area contributed by atoms with Gasteiger partial charge in [0.05, 0.1) is 0 Å². The van der Waals surface area contributed by atoms with Gasteiger partial charge in [0, 0.05) is 36.6 Å². The monoisotopic (exact) mass is 357 g/mol. The van der Waals surface area contributed by atoms with E-state index in [0.717, 1.165) is 5.56 Å². The van der Waals surface area contributed by atoms with Gasteiger partial charge in [0.2, 0.25) is 0 Å². The quantitative estimate of drug-likeness (QED) is 0.694. The lowest BCUT2D eigenvalue weighted by molar-refractivity contribution is -0.133. The zero-order valence-corrected chi connectivity index (χ0v) is 14.4. The highest BCUT2D eigenvalue weighted by Gasteiger charge is 2.27. The minimum Gasteiger partial charge on any atom is -0.339 e. The molecule has 1 aromatic heterocycles. The maximum atomic E-state index is 14.0. The molecule has 0 spiro atoms. The van der Waals surface area contributed by atoms with Crippen LogP contribution in [-0.2, 0) is 11.3 Å². The summed E-state index contributed by atoms with van der Waals surface area (Å²) in [6.45, 7) is 0.0783. The number of hydrogen-bond donors (Lipinski definition) is 0. The van der Waals surface area contributed by atoms with Crippen molar-refractivity contribution in [2.45, 2.75) is 12.6 Å². The van der Waals surface area contributed by atoms with Crippen LogP contribution < -0.4 is 0 Å². The molecular weight excluding hydrogens is 341 g/mol. The average Bonchev–Trinajstić information content (AvgIpc) is 3.13. The molecule has 0 aliphatic rings. The first-order valence-electron chi connectivity index (χ1n) is 7.80.